The molecule has 1 aromatic carbocycles. The van der Waals surface area contributed by atoms with Gasteiger partial charge < -0.3 is 9.84 Å². The van der Waals surface area contributed by atoms with Gasteiger partial charge in [0.25, 0.3) is 0 Å². The Morgan fingerprint density at radius 3 is 2.91 bits per heavy atom. The summed E-state index contributed by atoms with van der Waals surface area (Å²) in [7, 11) is 1.75. The van der Waals surface area contributed by atoms with Crippen molar-refractivity contribution in [2.45, 2.75) is 55.9 Å². The van der Waals surface area contributed by atoms with Gasteiger partial charge in [0.1, 0.15) is 5.75 Å². The summed E-state index contributed by atoms with van der Waals surface area (Å²) in [4.78, 5) is 0.276. The highest BCUT2D eigenvalue weighted by molar-refractivity contribution is 9.09. The van der Waals surface area contributed by atoms with Crippen molar-refractivity contribution in [2.24, 2.45) is 17.3 Å². The number of hydrogen-bond acceptors (Lipinski definition) is 2. The zero-order valence-electron chi connectivity index (χ0n) is 13.4. The van der Waals surface area contributed by atoms with Crippen LogP contribution in [0, 0.1) is 17.3 Å². The summed E-state index contributed by atoms with van der Waals surface area (Å²) in [5.74, 6) is 3.05. The lowest BCUT2D eigenvalue weighted by molar-refractivity contribution is -0.0213. The van der Waals surface area contributed by atoms with Crippen LogP contribution in [0.5, 0.6) is 5.75 Å². The van der Waals surface area contributed by atoms with Crippen LogP contribution in [0.2, 0.25) is 0 Å². The molecule has 2 saturated carbocycles. The van der Waals surface area contributed by atoms with Gasteiger partial charge in [-0.1, -0.05) is 28.9 Å². The van der Waals surface area contributed by atoms with E-state index in [1.165, 1.54) is 18.4 Å². The van der Waals surface area contributed by atoms with Crippen molar-refractivity contribution in [1.29, 1.82) is 0 Å². The largest absolute Gasteiger partial charge is 0.497 e. The maximum Gasteiger partial charge on any atom is 0.119 e. The lowest BCUT2D eigenvalue weighted by Gasteiger charge is -2.50. The Morgan fingerprint density at radius 1 is 1.32 bits per heavy atom. The topological polar surface area (TPSA) is 29.5 Å². The summed E-state index contributed by atoms with van der Waals surface area (Å²) < 4.78 is 5.39. The third kappa shape index (κ3) is 2.01. The van der Waals surface area contributed by atoms with Crippen molar-refractivity contribution >= 4 is 15.9 Å². The molecule has 3 heteroatoms. The number of hydrogen-bond donors (Lipinski definition) is 1. The first-order chi connectivity index (χ1) is 10.5. The van der Waals surface area contributed by atoms with E-state index in [0.29, 0.717) is 11.8 Å². The normalized spacial score (nSPS) is 43.2. The molecule has 120 valence electrons. The summed E-state index contributed by atoms with van der Waals surface area (Å²) in [6.07, 6.45) is 5.72. The van der Waals surface area contributed by atoms with Gasteiger partial charge in [-0.05, 0) is 78.5 Å². The lowest BCUT2D eigenvalue weighted by atomic mass is 9.55. The number of aliphatic hydroxyl groups is 1. The zero-order valence-corrected chi connectivity index (χ0v) is 15.0. The van der Waals surface area contributed by atoms with Crippen molar-refractivity contribution in [3.8, 4) is 5.75 Å². The zero-order chi connectivity index (χ0) is 15.5. The minimum atomic E-state index is -0.185. The molecule has 0 aliphatic heterocycles. The highest BCUT2D eigenvalue weighted by Crippen LogP contribution is 2.61. The van der Waals surface area contributed by atoms with Gasteiger partial charge in [0.2, 0.25) is 0 Å². The van der Waals surface area contributed by atoms with Crippen LogP contribution in [-0.4, -0.2) is 23.1 Å². The van der Waals surface area contributed by atoms with Gasteiger partial charge in [0, 0.05) is 4.83 Å². The van der Waals surface area contributed by atoms with Crippen LogP contribution in [0.1, 0.15) is 49.7 Å². The van der Waals surface area contributed by atoms with Crippen molar-refractivity contribution in [3.05, 3.63) is 29.3 Å². The molecule has 2 fully saturated rings. The molecule has 0 aromatic heterocycles. The number of aryl methyl sites for hydroxylation is 1. The van der Waals surface area contributed by atoms with Crippen molar-refractivity contribution in [2.75, 3.05) is 7.11 Å². The predicted octanol–water partition coefficient (Wildman–Crippen LogP) is 4.29. The SMILES string of the molecule is COc1ccc2c(c1)CC[C@@H]1[C@@H]2CC[C@]2(C)[C@@H](O)C(Br)C[C@@H]12. The first-order valence-electron chi connectivity index (χ1n) is 8.53. The number of halogens is 1. The molecule has 2 nitrogen and oxygen atoms in total. The van der Waals surface area contributed by atoms with Crippen LogP contribution in [0.25, 0.3) is 0 Å². The van der Waals surface area contributed by atoms with Gasteiger partial charge in [0.05, 0.1) is 13.2 Å². The van der Waals surface area contributed by atoms with Gasteiger partial charge in [-0.25, -0.2) is 0 Å². The maximum absolute atomic E-state index is 10.6. The molecule has 3 aliphatic rings. The van der Waals surface area contributed by atoms with E-state index in [0.717, 1.165) is 30.9 Å². The number of fused-ring (bicyclic) bond motifs is 5. The van der Waals surface area contributed by atoms with Crippen molar-refractivity contribution in [3.63, 3.8) is 0 Å². The molecular formula is C19H25BrO2. The van der Waals surface area contributed by atoms with E-state index in [-0.39, 0.29) is 16.3 Å². The molecule has 1 unspecified atom stereocenters. The Balaban J connectivity index is 1.69. The quantitative estimate of drug-likeness (QED) is 0.753. The van der Waals surface area contributed by atoms with E-state index in [4.69, 9.17) is 4.74 Å². The van der Waals surface area contributed by atoms with E-state index in [1.54, 1.807) is 12.7 Å². The molecule has 0 spiro atoms. The fourth-order valence-electron chi connectivity index (χ4n) is 5.63. The van der Waals surface area contributed by atoms with Gasteiger partial charge in [-0.2, -0.15) is 0 Å². The van der Waals surface area contributed by atoms with E-state index < -0.39 is 0 Å². The molecule has 0 saturated heterocycles. The summed E-state index contributed by atoms with van der Waals surface area (Å²) in [5, 5.41) is 10.6. The molecule has 0 heterocycles. The van der Waals surface area contributed by atoms with E-state index in [9.17, 15) is 5.11 Å². The Labute approximate surface area is 141 Å². The minimum absolute atomic E-state index is 0.110. The molecular weight excluding hydrogens is 340 g/mol. The molecule has 0 amide bonds. The highest BCUT2D eigenvalue weighted by Gasteiger charge is 2.57. The summed E-state index contributed by atoms with van der Waals surface area (Å²) >= 11 is 3.73. The Bertz CT molecular complexity index is 587. The van der Waals surface area contributed by atoms with Gasteiger partial charge in [-0.3, -0.25) is 0 Å². The van der Waals surface area contributed by atoms with Crippen molar-refractivity contribution in [1.82, 2.24) is 0 Å². The first kappa shape index (κ1) is 15.0. The predicted molar refractivity (Wildman–Crippen MR) is 91.7 cm³/mol. The smallest absolute Gasteiger partial charge is 0.119 e. The van der Waals surface area contributed by atoms with E-state index >= 15 is 0 Å². The fraction of sp³-hybridized carbons (Fsp3) is 0.684. The highest BCUT2D eigenvalue weighted by atomic mass is 79.9. The van der Waals surface area contributed by atoms with Crippen LogP contribution in [0.4, 0.5) is 0 Å². The van der Waals surface area contributed by atoms with Gasteiger partial charge >= 0.3 is 0 Å². The van der Waals surface area contributed by atoms with E-state index in [2.05, 4.69) is 41.1 Å². The Hall–Kier alpha value is -0.540. The number of methoxy groups -OCH3 is 1. The third-order valence-electron chi connectivity index (χ3n) is 6.87. The standard InChI is InChI=1S/C19H25BrO2/c1-19-8-7-14-13-6-4-12(22-2)9-11(13)3-5-15(14)16(19)10-17(20)18(19)21/h4,6,9,14-18,21H,3,5,7-8,10H2,1-2H3/t14-,15-,16+,17?,18+,19+/m1/s1. The summed E-state index contributed by atoms with van der Waals surface area (Å²) in [6, 6.07) is 6.65. The van der Waals surface area contributed by atoms with Crippen LogP contribution >= 0.6 is 15.9 Å². The number of rotatable bonds is 1. The minimum Gasteiger partial charge on any atom is -0.497 e. The van der Waals surface area contributed by atoms with E-state index in [1.807, 2.05) is 0 Å². The molecule has 0 bridgehead atoms. The Kier molecular flexibility index (Phi) is 3.58. The lowest BCUT2D eigenvalue weighted by Crippen LogP contribution is -2.44. The molecule has 1 N–H and O–H groups in total. The van der Waals surface area contributed by atoms with Crippen LogP contribution in [0.15, 0.2) is 18.2 Å². The average molecular weight is 365 g/mol. The molecule has 6 atom stereocenters. The number of aliphatic hydroxyl groups excluding tert-OH is 1. The molecule has 3 aliphatic carbocycles. The monoisotopic (exact) mass is 364 g/mol. The first-order valence-corrected chi connectivity index (χ1v) is 9.45. The summed E-state index contributed by atoms with van der Waals surface area (Å²) in [6.45, 7) is 2.32. The Morgan fingerprint density at radius 2 is 2.14 bits per heavy atom. The number of benzene rings is 1. The van der Waals surface area contributed by atoms with Gasteiger partial charge in [-0.15, -0.1) is 0 Å². The average Bonchev–Trinajstić information content (AvgIpc) is 2.77. The molecule has 1 aromatic rings. The van der Waals surface area contributed by atoms with Crippen molar-refractivity contribution < 1.29 is 9.84 Å². The van der Waals surface area contributed by atoms with Crippen LogP contribution < -0.4 is 4.74 Å². The second-order valence-electron chi connectivity index (χ2n) is 7.72. The maximum atomic E-state index is 10.6. The summed E-state index contributed by atoms with van der Waals surface area (Å²) in [5.41, 5.74) is 3.14. The van der Waals surface area contributed by atoms with Crippen LogP contribution in [-0.2, 0) is 6.42 Å². The fourth-order valence-corrected chi connectivity index (χ4v) is 6.64. The molecule has 22 heavy (non-hydrogen) atoms. The molecule has 0 radical (unpaired) electrons. The third-order valence-corrected chi connectivity index (χ3v) is 7.74. The second-order valence-corrected chi connectivity index (χ2v) is 8.90. The molecule has 4 rings (SSSR count). The number of ether oxygens (including phenoxy) is 1. The van der Waals surface area contributed by atoms with Gasteiger partial charge in [0.15, 0.2) is 0 Å². The van der Waals surface area contributed by atoms with Crippen LogP contribution in [0.3, 0.4) is 0 Å². The second kappa shape index (κ2) is 5.24. The number of alkyl halides is 1.